The van der Waals surface area contributed by atoms with E-state index in [0.717, 1.165) is 12.8 Å². The van der Waals surface area contributed by atoms with Gasteiger partial charge in [-0.3, -0.25) is 0 Å². The van der Waals surface area contributed by atoms with Crippen LogP contribution in [-0.4, -0.2) is 31.6 Å². The monoisotopic (exact) mass is 188 g/mol. The van der Waals surface area contributed by atoms with E-state index in [9.17, 15) is 4.79 Å². The molecule has 1 fully saturated rings. The molecule has 0 aliphatic carbocycles. The first kappa shape index (κ1) is 10.3. The van der Waals surface area contributed by atoms with Crippen molar-refractivity contribution >= 4 is 6.03 Å². The fraction of sp³-hybridized carbons (Fsp3) is 0.875. The Balaban J connectivity index is 2.39. The quantitative estimate of drug-likeness (QED) is 0.650. The van der Waals surface area contributed by atoms with Crippen LogP contribution in [0.3, 0.4) is 0 Å². The third kappa shape index (κ3) is 2.86. The Labute approximate surface area is 77.6 Å². The Bertz CT molecular complexity index is 186. The van der Waals surface area contributed by atoms with Gasteiger partial charge in [-0.15, -0.1) is 0 Å². The van der Waals surface area contributed by atoms with Crippen LogP contribution in [0.2, 0.25) is 0 Å². The smallest absolute Gasteiger partial charge is 0.312 e. The molecule has 76 valence electrons. The lowest BCUT2D eigenvalue weighted by molar-refractivity contribution is -0.182. The maximum absolute atomic E-state index is 10.6. The maximum Gasteiger partial charge on any atom is 0.312 e. The van der Waals surface area contributed by atoms with Crippen LogP contribution < -0.4 is 11.1 Å². The highest BCUT2D eigenvalue weighted by Crippen LogP contribution is 2.19. The molecule has 3 N–H and O–H groups in total. The molecule has 1 rings (SSSR count). The summed E-state index contributed by atoms with van der Waals surface area (Å²) in [6.07, 6.45) is 1.42. The Morgan fingerprint density at radius 3 is 2.77 bits per heavy atom. The Kier molecular flexibility index (Phi) is 3.50. The summed E-state index contributed by atoms with van der Waals surface area (Å²) in [4.78, 5) is 10.6. The molecule has 1 aliphatic rings. The minimum absolute atomic E-state index is 0.00361. The van der Waals surface area contributed by atoms with Crippen molar-refractivity contribution in [3.05, 3.63) is 0 Å². The zero-order valence-corrected chi connectivity index (χ0v) is 7.95. The maximum atomic E-state index is 10.6. The average molecular weight is 188 g/mol. The molecule has 0 spiro atoms. The van der Waals surface area contributed by atoms with Crippen molar-refractivity contribution in [3.8, 4) is 0 Å². The molecule has 1 heterocycles. The molecule has 2 amide bonds. The van der Waals surface area contributed by atoms with Gasteiger partial charge in [0.2, 0.25) is 0 Å². The van der Waals surface area contributed by atoms with Crippen LogP contribution in [0.5, 0.6) is 0 Å². The van der Waals surface area contributed by atoms with Gasteiger partial charge in [0.25, 0.3) is 0 Å². The second-order valence-electron chi connectivity index (χ2n) is 3.20. The van der Waals surface area contributed by atoms with Crippen LogP contribution in [0.25, 0.3) is 0 Å². The van der Waals surface area contributed by atoms with Gasteiger partial charge in [-0.25, -0.2) is 4.79 Å². The molecule has 0 aromatic carbocycles. The third-order valence-corrected chi connectivity index (χ3v) is 2.24. The fourth-order valence-corrected chi connectivity index (χ4v) is 1.50. The van der Waals surface area contributed by atoms with Gasteiger partial charge in [0.05, 0.1) is 12.1 Å². The van der Waals surface area contributed by atoms with Crippen LogP contribution >= 0.6 is 0 Å². The summed E-state index contributed by atoms with van der Waals surface area (Å²) in [5.41, 5.74) is 5.02. The van der Waals surface area contributed by atoms with Gasteiger partial charge in [-0.05, 0) is 13.3 Å². The standard InChI is InChI=1S/C8H16N2O3/c1-5-6(10-8(9)11)3-4-7(12-2)13-5/h5-7H,3-4H2,1-2H3,(H3,9,10,11)/t5-,6+,7+/m1/s1. The zero-order chi connectivity index (χ0) is 9.84. The summed E-state index contributed by atoms with van der Waals surface area (Å²) in [6.45, 7) is 1.89. The van der Waals surface area contributed by atoms with Gasteiger partial charge >= 0.3 is 6.03 Å². The highest BCUT2D eigenvalue weighted by atomic mass is 16.7. The summed E-state index contributed by atoms with van der Waals surface area (Å²) in [5.74, 6) is 0. The van der Waals surface area contributed by atoms with E-state index in [1.165, 1.54) is 0 Å². The first-order valence-electron chi connectivity index (χ1n) is 4.37. The van der Waals surface area contributed by atoms with Crippen molar-refractivity contribution in [1.29, 1.82) is 0 Å². The van der Waals surface area contributed by atoms with E-state index in [2.05, 4.69) is 5.32 Å². The van der Waals surface area contributed by atoms with E-state index in [0.29, 0.717) is 0 Å². The summed E-state index contributed by atoms with van der Waals surface area (Å²) in [5, 5.41) is 2.63. The van der Waals surface area contributed by atoms with E-state index in [1.54, 1.807) is 7.11 Å². The predicted molar refractivity (Wildman–Crippen MR) is 47.1 cm³/mol. The lowest BCUT2D eigenvalue weighted by Crippen LogP contribution is -2.49. The van der Waals surface area contributed by atoms with Crippen molar-refractivity contribution < 1.29 is 14.3 Å². The van der Waals surface area contributed by atoms with Gasteiger partial charge in [-0.1, -0.05) is 0 Å². The normalized spacial score (nSPS) is 34.2. The molecule has 0 unspecified atom stereocenters. The molecule has 0 radical (unpaired) electrons. The van der Waals surface area contributed by atoms with Crippen molar-refractivity contribution in [2.24, 2.45) is 5.73 Å². The number of rotatable bonds is 2. The van der Waals surface area contributed by atoms with Crippen molar-refractivity contribution in [1.82, 2.24) is 5.32 Å². The summed E-state index contributed by atoms with van der Waals surface area (Å²) in [7, 11) is 1.61. The molecule has 5 heteroatoms. The number of methoxy groups -OCH3 is 1. The van der Waals surface area contributed by atoms with E-state index in [-0.39, 0.29) is 18.4 Å². The second-order valence-corrected chi connectivity index (χ2v) is 3.20. The lowest BCUT2D eigenvalue weighted by Gasteiger charge is -2.33. The Hall–Kier alpha value is -0.810. The van der Waals surface area contributed by atoms with Gasteiger partial charge in [0.15, 0.2) is 6.29 Å². The molecule has 0 bridgehead atoms. The molecule has 0 saturated carbocycles. The van der Waals surface area contributed by atoms with Crippen molar-refractivity contribution in [2.75, 3.05) is 7.11 Å². The molecule has 3 atom stereocenters. The number of urea groups is 1. The van der Waals surface area contributed by atoms with Gasteiger partial charge in [0.1, 0.15) is 0 Å². The van der Waals surface area contributed by atoms with E-state index in [4.69, 9.17) is 15.2 Å². The Morgan fingerprint density at radius 1 is 1.62 bits per heavy atom. The van der Waals surface area contributed by atoms with Crippen LogP contribution in [0.15, 0.2) is 0 Å². The lowest BCUT2D eigenvalue weighted by atomic mass is 10.0. The first-order chi connectivity index (χ1) is 6.13. The molecule has 1 aliphatic heterocycles. The minimum Gasteiger partial charge on any atom is -0.356 e. The minimum atomic E-state index is -0.503. The van der Waals surface area contributed by atoms with Crippen LogP contribution in [0.1, 0.15) is 19.8 Å². The Morgan fingerprint density at radius 2 is 2.31 bits per heavy atom. The molecule has 0 aromatic rings. The average Bonchev–Trinajstić information content (AvgIpc) is 2.08. The van der Waals surface area contributed by atoms with Crippen molar-refractivity contribution in [2.45, 2.75) is 38.2 Å². The number of nitrogens with one attached hydrogen (secondary N) is 1. The highest BCUT2D eigenvalue weighted by Gasteiger charge is 2.28. The summed E-state index contributed by atoms with van der Waals surface area (Å²) >= 11 is 0. The van der Waals surface area contributed by atoms with E-state index < -0.39 is 6.03 Å². The third-order valence-electron chi connectivity index (χ3n) is 2.24. The topological polar surface area (TPSA) is 73.6 Å². The first-order valence-corrected chi connectivity index (χ1v) is 4.37. The highest BCUT2D eigenvalue weighted by molar-refractivity contribution is 5.72. The van der Waals surface area contributed by atoms with Gasteiger partial charge in [0, 0.05) is 13.5 Å². The summed E-state index contributed by atoms with van der Waals surface area (Å²) < 4.78 is 10.5. The van der Waals surface area contributed by atoms with Gasteiger partial charge < -0.3 is 20.5 Å². The number of amides is 2. The number of hydrogen-bond donors (Lipinski definition) is 2. The number of carbonyl (C=O) groups excluding carboxylic acids is 1. The second kappa shape index (κ2) is 4.43. The van der Waals surface area contributed by atoms with Crippen LogP contribution in [-0.2, 0) is 9.47 Å². The molecular weight excluding hydrogens is 172 g/mol. The van der Waals surface area contributed by atoms with Crippen molar-refractivity contribution in [3.63, 3.8) is 0 Å². The van der Waals surface area contributed by atoms with Crippen LogP contribution in [0.4, 0.5) is 4.79 Å². The number of carbonyl (C=O) groups is 1. The largest absolute Gasteiger partial charge is 0.356 e. The molecule has 1 saturated heterocycles. The van der Waals surface area contributed by atoms with E-state index >= 15 is 0 Å². The summed E-state index contributed by atoms with van der Waals surface area (Å²) in [6, 6.07) is -0.500. The molecule has 0 aromatic heterocycles. The SMILES string of the molecule is CO[C@@H]1CC[C@H](NC(N)=O)[C@@H](C)O1. The zero-order valence-electron chi connectivity index (χ0n) is 7.95. The number of nitrogens with two attached hydrogens (primary N) is 1. The molecule has 13 heavy (non-hydrogen) atoms. The molecular formula is C8H16N2O3. The van der Waals surface area contributed by atoms with E-state index in [1.807, 2.05) is 6.92 Å². The van der Waals surface area contributed by atoms with Crippen LogP contribution in [0, 0.1) is 0 Å². The van der Waals surface area contributed by atoms with Gasteiger partial charge in [-0.2, -0.15) is 0 Å². The molecule has 5 nitrogen and oxygen atoms in total. The predicted octanol–water partition coefficient (Wildman–Crippen LogP) is 0.195. The number of primary amides is 1. The number of ether oxygens (including phenoxy) is 2. The number of hydrogen-bond acceptors (Lipinski definition) is 3. The fourth-order valence-electron chi connectivity index (χ4n) is 1.50.